The maximum atomic E-state index is 13.5. The number of halogens is 3. The highest BCUT2D eigenvalue weighted by molar-refractivity contribution is 6.01. The van der Waals surface area contributed by atoms with Gasteiger partial charge in [0.2, 0.25) is 0 Å². The van der Waals surface area contributed by atoms with Crippen LogP contribution >= 0.6 is 0 Å². The molecule has 0 saturated heterocycles. The van der Waals surface area contributed by atoms with Crippen molar-refractivity contribution in [2.24, 2.45) is 0 Å². The largest absolute Gasteiger partial charge is 0.418 e. The molecule has 0 aliphatic heterocycles. The molecule has 1 N–H and O–H groups in total. The van der Waals surface area contributed by atoms with Crippen LogP contribution in [0.15, 0.2) is 48.5 Å². The Morgan fingerprint density at radius 3 is 1.90 bits per heavy atom. The van der Waals surface area contributed by atoms with Crippen molar-refractivity contribution in [2.45, 2.75) is 6.18 Å². The summed E-state index contributed by atoms with van der Waals surface area (Å²) in [6.07, 6.45) is -5.16. The van der Waals surface area contributed by atoms with E-state index in [1.165, 1.54) is 24.3 Å². The first-order valence-electron chi connectivity index (χ1n) is 7.98. The second kappa shape index (κ2) is 7.27. The summed E-state index contributed by atoms with van der Waals surface area (Å²) in [7, 11) is 0. The van der Waals surface area contributed by atoms with Crippen molar-refractivity contribution < 1.29 is 27.9 Å². The highest BCUT2D eigenvalue weighted by Crippen LogP contribution is 2.44. The van der Waals surface area contributed by atoms with Gasteiger partial charge in [0.15, 0.2) is 0 Å². The Labute approximate surface area is 164 Å². The van der Waals surface area contributed by atoms with Crippen molar-refractivity contribution >= 4 is 39.2 Å². The molecule has 30 heavy (non-hydrogen) atoms. The number of benzene rings is 3. The summed E-state index contributed by atoms with van der Waals surface area (Å²) in [5.41, 5.74) is -5.31. The zero-order chi connectivity index (χ0) is 22.2. The van der Waals surface area contributed by atoms with Crippen LogP contribution in [-0.2, 0) is 6.18 Å². The fourth-order valence-electron chi connectivity index (χ4n) is 2.90. The monoisotopic (exact) mass is 422 g/mol. The first kappa shape index (κ1) is 20.4. The Kier molecular flexibility index (Phi) is 4.95. The Morgan fingerprint density at radius 2 is 1.37 bits per heavy atom. The van der Waals surface area contributed by atoms with Crippen LogP contribution in [0.3, 0.4) is 0 Å². The van der Waals surface area contributed by atoms with E-state index in [0.29, 0.717) is 6.07 Å². The van der Waals surface area contributed by atoms with Gasteiger partial charge in [0.05, 0.1) is 31.8 Å². The molecule has 0 radical (unpaired) electrons. The van der Waals surface area contributed by atoms with Crippen molar-refractivity contribution in [3.63, 3.8) is 0 Å². The van der Waals surface area contributed by atoms with E-state index < -0.39 is 43.6 Å². The summed E-state index contributed by atoms with van der Waals surface area (Å²) in [5, 5.41) is 36.0. The Balaban J connectivity index is 2.30. The number of nitro benzene ring substituents is 3. The molecule has 10 nitrogen and oxygen atoms in total. The van der Waals surface area contributed by atoms with Gasteiger partial charge in [0, 0.05) is 23.2 Å². The van der Waals surface area contributed by atoms with Gasteiger partial charge in [-0.2, -0.15) is 13.2 Å². The van der Waals surface area contributed by atoms with Crippen LogP contribution in [0.4, 0.5) is 41.6 Å². The molecule has 0 saturated carbocycles. The molecule has 3 aromatic rings. The SMILES string of the molecule is O=[N+]([O-])c1cc([N+](=O)[O-])c(Nc2ccc([N+](=O)[O-])c3ccccc23)c(C(F)(F)F)c1. The number of non-ortho nitro benzene ring substituents is 2. The predicted octanol–water partition coefficient (Wildman–Crippen LogP) is 5.33. The van der Waals surface area contributed by atoms with Crippen LogP contribution < -0.4 is 5.32 Å². The maximum Gasteiger partial charge on any atom is 0.418 e. The number of nitrogens with one attached hydrogen (secondary N) is 1. The number of nitrogens with zero attached hydrogens (tertiary/aromatic N) is 3. The van der Waals surface area contributed by atoms with Crippen LogP contribution in [0.25, 0.3) is 10.8 Å². The quantitative estimate of drug-likeness (QED) is 0.433. The zero-order valence-corrected chi connectivity index (χ0v) is 14.5. The summed E-state index contributed by atoms with van der Waals surface area (Å²) in [6, 6.07) is 8.44. The second-order valence-corrected chi connectivity index (χ2v) is 5.96. The molecule has 3 aromatic carbocycles. The molecule has 0 unspecified atom stereocenters. The third-order valence-electron chi connectivity index (χ3n) is 4.17. The maximum absolute atomic E-state index is 13.5. The van der Waals surface area contributed by atoms with Gasteiger partial charge in [0.1, 0.15) is 5.69 Å². The molecule has 0 heterocycles. The van der Waals surface area contributed by atoms with E-state index in [9.17, 15) is 43.5 Å². The third kappa shape index (κ3) is 3.67. The van der Waals surface area contributed by atoms with Crippen LogP contribution in [0.5, 0.6) is 0 Å². The van der Waals surface area contributed by atoms with Crippen LogP contribution in [-0.4, -0.2) is 14.8 Å². The van der Waals surface area contributed by atoms with Gasteiger partial charge < -0.3 is 5.32 Å². The lowest BCUT2D eigenvalue weighted by Gasteiger charge is -2.16. The summed E-state index contributed by atoms with van der Waals surface area (Å²) in [5.74, 6) is 0. The number of hydrogen-bond acceptors (Lipinski definition) is 7. The van der Waals surface area contributed by atoms with E-state index in [-0.39, 0.29) is 28.2 Å². The van der Waals surface area contributed by atoms with E-state index in [1.807, 2.05) is 0 Å². The Morgan fingerprint density at radius 1 is 0.767 bits per heavy atom. The average Bonchev–Trinajstić information content (AvgIpc) is 2.66. The molecule has 0 atom stereocenters. The first-order chi connectivity index (χ1) is 14.0. The molecule has 0 aromatic heterocycles. The van der Waals surface area contributed by atoms with Crippen molar-refractivity contribution in [3.05, 3.63) is 84.4 Å². The zero-order valence-electron chi connectivity index (χ0n) is 14.5. The summed E-state index contributed by atoms with van der Waals surface area (Å²) in [6.45, 7) is 0. The summed E-state index contributed by atoms with van der Waals surface area (Å²) in [4.78, 5) is 30.5. The van der Waals surface area contributed by atoms with E-state index >= 15 is 0 Å². The number of rotatable bonds is 5. The average molecular weight is 422 g/mol. The summed E-state index contributed by atoms with van der Waals surface area (Å²) >= 11 is 0. The number of alkyl halides is 3. The van der Waals surface area contributed by atoms with Crippen molar-refractivity contribution in [1.82, 2.24) is 0 Å². The molecule has 0 fully saturated rings. The number of hydrogen-bond donors (Lipinski definition) is 1. The standard InChI is InChI=1S/C17H9F3N4O6/c18-17(19,20)12-7-9(22(25)26)8-15(24(29)30)16(12)21-13-5-6-14(23(27)28)11-4-2-1-3-10(11)13/h1-8,21H. The number of anilines is 2. The first-order valence-corrected chi connectivity index (χ1v) is 7.98. The fraction of sp³-hybridized carbons (Fsp3) is 0.0588. The van der Waals surface area contributed by atoms with Gasteiger partial charge in [-0.25, -0.2) is 0 Å². The van der Waals surface area contributed by atoms with Crippen LogP contribution in [0.1, 0.15) is 5.56 Å². The highest BCUT2D eigenvalue weighted by atomic mass is 19.4. The molecular weight excluding hydrogens is 413 g/mol. The molecule has 0 aliphatic carbocycles. The van der Waals surface area contributed by atoms with Gasteiger partial charge in [-0.15, -0.1) is 0 Å². The minimum atomic E-state index is -5.16. The molecule has 0 aliphatic rings. The Bertz CT molecular complexity index is 1210. The topological polar surface area (TPSA) is 141 Å². The van der Waals surface area contributed by atoms with E-state index in [0.717, 1.165) is 12.1 Å². The van der Waals surface area contributed by atoms with Crippen molar-refractivity contribution in [1.29, 1.82) is 0 Å². The summed E-state index contributed by atoms with van der Waals surface area (Å²) < 4.78 is 40.6. The molecule has 0 amide bonds. The lowest BCUT2D eigenvalue weighted by atomic mass is 10.0. The third-order valence-corrected chi connectivity index (χ3v) is 4.17. The molecule has 0 bridgehead atoms. The molecular formula is C17H9F3N4O6. The fourth-order valence-corrected chi connectivity index (χ4v) is 2.90. The van der Waals surface area contributed by atoms with Gasteiger partial charge >= 0.3 is 6.18 Å². The minimum absolute atomic E-state index is 0.0846. The number of fused-ring (bicyclic) bond motifs is 1. The van der Waals surface area contributed by atoms with Gasteiger partial charge in [-0.3, -0.25) is 30.3 Å². The minimum Gasteiger partial charge on any atom is -0.349 e. The number of nitro groups is 3. The van der Waals surface area contributed by atoms with Crippen molar-refractivity contribution in [2.75, 3.05) is 5.32 Å². The van der Waals surface area contributed by atoms with E-state index in [2.05, 4.69) is 5.32 Å². The Hall–Kier alpha value is -4.29. The van der Waals surface area contributed by atoms with E-state index in [1.54, 1.807) is 0 Å². The lowest BCUT2D eigenvalue weighted by molar-refractivity contribution is -0.394. The van der Waals surface area contributed by atoms with Crippen molar-refractivity contribution in [3.8, 4) is 0 Å². The van der Waals surface area contributed by atoms with Gasteiger partial charge in [0.25, 0.3) is 17.1 Å². The highest BCUT2D eigenvalue weighted by Gasteiger charge is 2.40. The lowest BCUT2D eigenvalue weighted by Crippen LogP contribution is -2.12. The molecule has 0 spiro atoms. The second-order valence-electron chi connectivity index (χ2n) is 5.96. The van der Waals surface area contributed by atoms with Crippen LogP contribution in [0, 0.1) is 30.3 Å². The smallest absolute Gasteiger partial charge is 0.349 e. The van der Waals surface area contributed by atoms with Gasteiger partial charge in [-0.05, 0) is 12.1 Å². The molecule has 3 rings (SSSR count). The predicted molar refractivity (Wildman–Crippen MR) is 98.6 cm³/mol. The van der Waals surface area contributed by atoms with Gasteiger partial charge in [-0.1, -0.05) is 18.2 Å². The molecule has 154 valence electrons. The molecule has 13 heteroatoms. The normalized spacial score (nSPS) is 11.3. The van der Waals surface area contributed by atoms with Crippen LogP contribution in [0.2, 0.25) is 0 Å². The van der Waals surface area contributed by atoms with E-state index in [4.69, 9.17) is 0 Å².